The fourth-order valence-electron chi connectivity index (χ4n) is 1.31. The molecule has 0 saturated heterocycles. The Labute approximate surface area is 103 Å². The SMILES string of the molecule is Cc1cccc(OC[C@H](Cl)CNC(C)C)c1. The van der Waals surface area contributed by atoms with E-state index in [2.05, 4.69) is 19.2 Å². The molecular weight excluding hydrogens is 222 g/mol. The monoisotopic (exact) mass is 241 g/mol. The average molecular weight is 242 g/mol. The highest BCUT2D eigenvalue weighted by atomic mass is 35.5. The van der Waals surface area contributed by atoms with Gasteiger partial charge in [-0.3, -0.25) is 0 Å². The Bertz CT molecular complexity index is 315. The summed E-state index contributed by atoms with van der Waals surface area (Å²) in [6.45, 7) is 7.55. The number of hydrogen-bond donors (Lipinski definition) is 1. The van der Waals surface area contributed by atoms with Crippen LogP contribution in [0.3, 0.4) is 0 Å². The van der Waals surface area contributed by atoms with Crippen LogP contribution in [0.25, 0.3) is 0 Å². The van der Waals surface area contributed by atoms with Crippen molar-refractivity contribution < 1.29 is 4.74 Å². The second-order valence-electron chi connectivity index (χ2n) is 4.29. The summed E-state index contributed by atoms with van der Waals surface area (Å²) in [7, 11) is 0. The molecule has 0 fully saturated rings. The molecular formula is C13H20ClNO. The summed E-state index contributed by atoms with van der Waals surface area (Å²) in [4.78, 5) is 0. The Morgan fingerprint density at radius 1 is 1.38 bits per heavy atom. The molecule has 0 aliphatic rings. The van der Waals surface area contributed by atoms with Crippen molar-refractivity contribution in [2.24, 2.45) is 0 Å². The molecule has 0 aromatic heterocycles. The van der Waals surface area contributed by atoms with E-state index in [-0.39, 0.29) is 5.38 Å². The van der Waals surface area contributed by atoms with Crippen LogP contribution in [-0.2, 0) is 0 Å². The Morgan fingerprint density at radius 2 is 2.12 bits per heavy atom. The summed E-state index contributed by atoms with van der Waals surface area (Å²) in [5.74, 6) is 0.884. The summed E-state index contributed by atoms with van der Waals surface area (Å²) in [5, 5.41) is 3.28. The van der Waals surface area contributed by atoms with Gasteiger partial charge >= 0.3 is 0 Å². The zero-order chi connectivity index (χ0) is 12.0. The zero-order valence-corrected chi connectivity index (χ0v) is 10.9. The Kier molecular flexibility index (Phi) is 5.64. The second-order valence-corrected chi connectivity index (χ2v) is 4.90. The van der Waals surface area contributed by atoms with E-state index in [9.17, 15) is 0 Å². The molecule has 1 N–H and O–H groups in total. The van der Waals surface area contributed by atoms with E-state index in [0.29, 0.717) is 12.6 Å². The number of rotatable bonds is 6. The van der Waals surface area contributed by atoms with E-state index in [4.69, 9.17) is 16.3 Å². The average Bonchev–Trinajstić information content (AvgIpc) is 2.23. The van der Waals surface area contributed by atoms with Crippen LogP contribution in [0.4, 0.5) is 0 Å². The largest absolute Gasteiger partial charge is 0.492 e. The number of ether oxygens (including phenoxy) is 1. The molecule has 0 amide bonds. The lowest BCUT2D eigenvalue weighted by atomic mass is 10.2. The predicted octanol–water partition coefficient (Wildman–Crippen LogP) is 2.98. The first-order chi connectivity index (χ1) is 7.58. The van der Waals surface area contributed by atoms with Gasteiger partial charge in [0.25, 0.3) is 0 Å². The first-order valence-electron chi connectivity index (χ1n) is 5.65. The number of alkyl halides is 1. The van der Waals surface area contributed by atoms with Crippen LogP contribution in [0.2, 0.25) is 0 Å². The normalized spacial score (nSPS) is 12.8. The maximum Gasteiger partial charge on any atom is 0.119 e. The fourth-order valence-corrected chi connectivity index (χ4v) is 1.47. The molecule has 0 aliphatic carbocycles. The van der Waals surface area contributed by atoms with E-state index in [1.165, 1.54) is 5.56 Å². The van der Waals surface area contributed by atoms with Gasteiger partial charge in [0.1, 0.15) is 12.4 Å². The summed E-state index contributed by atoms with van der Waals surface area (Å²) in [5.41, 5.74) is 1.20. The standard InChI is InChI=1S/C13H20ClNO/c1-10(2)15-8-12(14)9-16-13-6-4-5-11(3)7-13/h4-7,10,12,15H,8-9H2,1-3H3/t12-/m1/s1. The van der Waals surface area contributed by atoms with Crippen LogP contribution in [0.5, 0.6) is 5.75 Å². The maximum absolute atomic E-state index is 6.13. The minimum atomic E-state index is 0.00270. The lowest BCUT2D eigenvalue weighted by molar-refractivity contribution is 0.309. The van der Waals surface area contributed by atoms with Crippen LogP contribution >= 0.6 is 11.6 Å². The topological polar surface area (TPSA) is 21.3 Å². The molecule has 16 heavy (non-hydrogen) atoms. The fraction of sp³-hybridized carbons (Fsp3) is 0.538. The van der Waals surface area contributed by atoms with Gasteiger partial charge in [0.2, 0.25) is 0 Å². The summed E-state index contributed by atoms with van der Waals surface area (Å²) >= 11 is 6.13. The quantitative estimate of drug-likeness (QED) is 0.774. The van der Waals surface area contributed by atoms with Gasteiger partial charge in [-0.15, -0.1) is 11.6 Å². The van der Waals surface area contributed by atoms with E-state index >= 15 is 0 Å². The number of hydrogen-bond acceptors (Lipinski definition) is 2. The van der Waals surface area contributed by atoms with Gasteiger partial charge in [0, 0.05) is 12.6 Å². The lowest BCUT2D eigenvalue weighted by Crippen LogP contribution is -2.32. The first-order valence-corrected chi connectivity index (χ1v) is 6.08. The van der Waals surface area contributed by atoms with E-state index in [1.54, 1.807) is 0 Å². The molecule has 0 spiro atoms. The summed E-state index contributed by atoms with van der Waals surface area (Å²) < 4.78 is 5.61. The lowest BCUT2D eigenvalue weighted by Gasteiger charge is -2.14. The molecule has 3 heteroatoms. The maximum atomic E-state index is 6.13. The molecule has 1 rings (SSSR count). The highest BCUT2D eigenvalue weighted by Gasteiger charge is 2.06. The number of nitrogens with one attached hydrogen (secondary N) is 1. The van der Waals surface area contributed by atoms with Crippen molar-refractivity contribution in [2.75, 3.05) is 13.2 Å². The third-order valence-electron chi connectivity index (χ3n) is 2.17. The van der Waals surface area contributed by atoms with Crippen molar-refractivity contribution in [3.8, 4) is 5.75 Å². The number of halogens is 1. The molecule has 0 unspecified atom stereocenters. The van der Waals surface area contributed by atoms with Gasteiger partial charge < -0.3 is 10.1 Å². The Hall–Kier alpha value is -0.730. The molecule has 1 aromatic carbocycles. The van der Waals surface area contributed by atoms with Gasteiger partial charge in [-0.2, -0.15) is 0 Å². The summed E-state index contributed by atoms with van der Waals surface area (Å²) in [6, 6.07) is 8.46. The Balaban J connectivity index is 2.28. The minimum absolute atomic E-state index is 0.00270. The zero-order valence-electron chi connectivity index (χ0n) is 10.2. The highest BCUT2D eigenvalue weighted by molar-refractivity contribution is 6.20. The molecule has 1 atom stereocenters. The van der Waals surface area contributed by atoms with Crippen LogP contribution in [0.1, 0.15) is 19.4 Å². The first kappa shape index (κ1) is 13.3. The smallest absolute Gasteiger partial charge is 0.119 e. The molecule has 0 saturated carbocycles. The van der Waals surface area contributed by atoms with Crippen LogP contribution in [-0.4, -0.2) is 24.6 Å². The molecule has 0 heterocycles. The van der Waals surface area contributed by atoms with Gasteiger partial charge in [-0.1, -0.05) is 26.0 Å². The molecule has 0 aliphatic heterocycles. The Morgan fingerprint density at radius 3 is 2.75 bits per heavy atom. The van der Waals surface area contributed by atoms with E-state index < -0.39 is 0 Å². The second kappa shape index (κ2) is 6.77. The van der Waals surface area contributed by atoms with Crippen LogP contribution < -0.4 is 10.1 Å². The molecule has 2 nitrogen and oxygen atoms in total. The third-order valence-corrected chi connectivity index (χ3v) is 2.45. The van der Waals surface area contributed by atoms with Crippen LogP contribution in [0, 0.1) is 6.92 Å². The molecule has 1 aromatic rings. The third kappa shape index (κ3) is 5.38. The summed E-state index contributed by atoms with van der Waals surface area (Å²) in [6.07, 6.45) is 0. The van der Waals surface area contributed by atoms with Gasteiger partial charge in [0.15, 0.2) is 0 Å². The van der Waals surface area contributed by atoms with Gasteiger partial charge in [-0.25, -0.2) is 0 Å². The number of benzene rings is 1. The van der Waals surface area contributed by atoms with Crippen molar-refractivity contribution in [3.63, 3.8) is 0 Å². The predicted molar refractivity (Wildman–Crippen MR) is 69.5 cm³/mol. The van der Waals surface area contributed by atoms with Crippen molar-refractivity contribution in [1.82, 2.24) is 5.32 Å². The van der Waals surface area contributed by atoms with Gasteiger partial charge in [-0.05, 0) is 24.6 Å². The van der Waals surface area contributed by atoms with Crippen molar-refractivity contribution in [3.05, 3.63) is 29.8 Å². The molecule has 0 radical (unpaired) electrons. The van der Waals surface area contributed by atoms with Gasteiger partial charge in [0.05, 0.1) is 5.38 Å². The number of aryl methyl sites for hydroxylation is 1. The van der Waals surface area contributed by atoms with E-state index in [1.807, 2.05) is 31.2 Å². The minimum Gasteiger partial charge on any atom is -0.492 e. The molecule has 0 bridgehead atoms. The highest BCUT2D eigenvalue weighted by Crippen LogP contribution is 2.13. The van der Waals surface area contributed by atoms with Crippen LogP contribution in [0.15, 0.2) is 24.3 Å². The molecule has 90 valence electrons. The van der Waals surface area contributed by atoms with Crippen molar-refractivity contribution in [1.29, 1.82) is 0 Å². The van der Waals surface area contributed by atoms with Crippen molar-refractivity contribution >= 4 is 11.6 Å². The van der Waals surface area contributed by atoms with E-state index in [0.717, 1.165) is 12.3 Å². The van der Waals surface area contributed by atoms with Crippen molar-refractivity contribution in [2.45, 2.75) is 32.2 Å².